The Balaban J connectivity index is 2.59. The van der Waals surface area contributed by atoms with E-state index < -0.39 is 16.6 Å². The third-order valence-electron chi connectivity index (χ3n) is 2.47. The van der Waals surface area contributed by atoms with Crippen LogP contribution >= 0.6 is 0 Å². The number of benzene rings is 1. The summed E-state index contributed by atoms with van der Waals surface area (Å²) in [4.78, 5) is 13.9. The molecule has 0 bridgehead atoms. The molecule has 2 aromatic rings. The average Bonchev–Trinajstić information content (AvgIpc) is 2.28. The maximum absolute atomic E-state index is 13.5. The number of pyridine rings is 1. The zero-order valence-electron chi connectivity index (χ0n) is 9.35. The van der Waals surface area contributed by atoms with Crippen molar-refractivity contribution in [3.63, 3.8) is 0 Å². The first-order valence-electron chi connectivity index (χ1n) is 5.07. The Morgan fingerprint density at radius 1 is 1.17 bits per heavy atom. The molecule has 0 aliphatic rings. The summed E-state index contributed by atoms with van der Waals surface area (Å²) in [5.74, 6) is -1.51. The molecule has 1 aromatic heterocycles. The van der Waals surface area contributed by atoms with Gasteiger partial charge in [-0.25, -0.2) is 13.8 Å². The van der Waals surface area contributed by atoms with Gasteiger partial charge in [-0.05, 0) is 25.1 Å². The number of hydrogen-bond donors (Lipinski definition) is 0. The molecule has 0 N–H and O–H groups in total. The number of nitrogens with zero attached hydrogens (tertiary/aromatic N) is 2. The molecule has 0 atom stereocenters. The standard InChI is InChI=1S/C12H8F2N2O2/c1-7-11(16(17)18)6-5-10(15-7)12-8(13)3-2-4-9(12)14/h2-6H,1H3. The van der Waals surface area contributed by atoms with Crippen LogP contribution in [-0.4, -0.2) is 9.91 Å². The Labute approximate surface area is 101 Å². The fourth-order valence-corrected chi connectivity index (χ4v) is 1.63. The van der Waals surface area contributed by atoms with E-state index in [1.807, 2.05) is 0 Å². The number of aromatic nitrogens is 1. The van der Waals surface area contributed by atoms with Crippen molar-refractivity contribution in [1.29, 1.82) is 0 Å². The van der Waals surface area contributed by atoms with Crippen LogP contribution in [0.5, 0.6) is 0 Å². The van der Waals surface area contributed by atoms with Gasteiger partial charge in [0, 0.05) is 6.07 Å². The Morgan fingerprint density at radius 2 is 1.78 bits per heavy atom. The van der Waals surface area contributed by atoms with Gasteiger partial charge < -0.3 is 0 Å². The number of hydrogen-bond acceptors (Lipinski definition) is 3. The summed E-state index contributed by atoms with van der Waals surface area (Å²) in [5.41, 5.74) is -0.320. The van der Waals surface area contributed by atoms with Crippen molar-refractivity contribution < 1.29 is 13.7 Å². The topological polar surface area (TPSA) is 56.0 Å². The summed E-state index contributed by atoms with van der Waals surface area (Å²) in [5, 5.41) is 10.6. The molecule has 1 aromatic carbocycles. The highest BCUT2D eigenvalue weighted by Gasteiger charge is 2.16. The quantitative estimate of drug-likeness (QED) is 0.607. The van der Waals surface area contributed by atoms with Gasteiger partial charge in [0.25, 0.3) is 5.69 Å². The zero-order valence-corrected chi connectivity index (χ0v) is 9.35. The van der Waals surface area contributed by atoms with E-state index in [0.29, 0.717) is 0 Å². The summed E-state index contributed by atoms with van der Waals surface area (Å²) < 4.78 is 27.0. The minimum absolute atomic E-state index is 0.0358. The van der Waals surface area contributed by atoms with Crippen LogP contribution in [0.3, 0.4) is 0 Å². The van der Waals surface area contributed by atoms with E-state index in [4.69, 9.17) is 0 Å². The van der Waals surface area contributed by atoms with Gasteiger partial charge in [-0.3, -0.25) is 10.1 Å². The fraction of sp³-hybridized carbons (Fsp3) is 0.0833. The molecule has 18 heavy (non-hydrogen) atoms. The summed E-state index contributed by atoms with van der Waals surface area (Å²) in [7, 11) is 0. The third-order valence-corrected chi connectivity index (χ3v) is 2.47. The van der Waals surface area contributed by atoms with Gasteiger partial charge in [0.05, 0.1) is 16.2 Å². The first-order valence-corrected chi connectivity index (χ1v) is 5.07. The van der Waals surface area contributed by atoms with Crippen LogP contribution in [0.4, 0.5) is 14.5 Å². The zero-order chi connectivity index (χ0) is 13.3. The highest BCUT2D eigenvalue weighted by molar-refractivity contribution is 5.62. The summed E-state index contributed by atoms with van der Waals surface area (Å²) >= 11 is 0. The van der Waals surface area contributed by atoms with Crippen molar-refractivity contribution in [2.75, 3.05) is 0 Å². The molecule has 0 spiro atoms. The summed E-state index contributed by atoms with van der Waals surface area (Å²) in [6.07, 6.45) is 0. The fourth-order valence-electron chi connectivity index (χ4n) is 1.63. The van der Waals surface area contributed by atoms with Crippen molar-refractivity contribution in [1.82, 2.24) is 4.98 Å². The Kier molecular flexibility index (Phi) is 3.01. The van der Waals surface area contributed by atoms with Gasteiger partial charge >= 0.3 is 0 Å². The van der Waals surface area contributed by atoms with Gasteiger partial charge in [-0.2, -0.15) is 0 Å². The Bertz CT molecular complexity index is 609. The number of nitro groups is 1. The van der Waals surface area contributed by atoms with Crippen molar-refractivity contribution in [3.8, 4) is 11.3 Å². The van der Waals surface area contributed by atoms with Crippen LogP contribution in [0.15, 0.2) is 30.3 Å². The molecular weight excluding hydrogens is 242 g/mol. The maximum atomic E-state index is 13.5. The van der Waals surface area contributed by atoms with Crippen molar-refractivity contribution in [2.45, 2.75) is 6.92 Å². The van der Waals surface area contributed by atoms with Crippen molar-refractivity contribution in [3.05, 3.63) is 57.8 Å². The molecule has 0 fully saturated rings. The second-order valence-corrected chi connectivity index (χ2v) is 3.65. The smallest absolute Gasteiger partial charge is 0.258 e. The number of rotatable bonds is 2. The first kappa shape index (κ1) is 12.1. The normalized spacial score (nSPS) is 10.4. The lowest BCUT2D eigenvalue weighted by Crippen LogP contribution is -1.98. The predicted octanol–water partition coefficient (Wildman–Crippen LogP) is 3.24. The molecule has 2 rings (SSSR count). The van der Waals surface area contributed by atoms with Crippen LogP contribution in [0.25, 0.3) is 11.3 Å². The third kappa shape index (κ3) is 2.04. The lowest BCUT2D eigenvalue weighted by molar-refractivity contribution is -0.385. The van der Waals surface area contributed by atoms with Crippen LogP contribution in [0.1, 0.15) is 5.69 Å². The van der Waals surface area contributed by atoms with Gasteiger partial charge in [0.1, 0.15) is 17.3 Å². The van der Waals surface area contributed by atoms with Crippen LogP contribution in [0, 0.1) is 28.7 Å². The van der Waals surface area contributed by atoms with Crippen LogP contribution < -0.4 is 0 Å². The highest BCUT2D eigenvalue weighted by atomic mass is 19.1. The summed E-state index contributed by atoms with van der Waals surface area (Å²) in [6, 6.07) is 5.87. The van der Waals surface area contributed by atoms with E-state index in [1.165, 1.54) is 25.1 Å². The second-order valence-electron chi connectivity index (χ2n) is 3.65. The van der Waals surface area contributed by atoms with Crippen LogP contribution in [-0.2, 0) is 0 Å². The van der Waals surface area contributed by atoms with E-state index in [9.17, 15) is 18.9 Å². The number of aryl methyl sites for hydroxylation is 1. The molecule has 0 saturated heterocycles. The first-order chi connectivity index (χ1) is 8.50. The maximum Gasteiger partial charge on any atom is 0.290 e. The van der Waals surface area contributed by atoms with E-state index in [-0.39, 0.29) is 22.6 Å². The Hall–Kier alpha value is -2.37. The minimum atomic E-state index is -0.754. The van der Waals surface area contributed by atoms with E-state index >= 15 is 0 Å². The van der Waals surface area contributed by atoms with Gasteiger partial charge in [-0.1, -0.05) is 6.07 Å². The lowest BCUT2D eigenvalue weighted by Gasteiger charge is -2.05. The molecule has 0 aliphatic carbocycles. The Morgan fingerprint density at radius 3 is 2.28 bits per heavy atom. The molecule has 0 saturated carbocycles. The molecule has 92 valence electrons. The van der Waals surface area contributed by atoms with Crippen molar-refractivity contribution in [2.24, 2.45) is 0 Å². The largest absolute Gasteiger partial charge is 0.290 e. The van der Waals surface area contributed by atoms with Crippen molar-refractivity contribution >= 4 is 5.69 Å². The summed E-state index contributed by atoms with van der Waals surface area (Å²) in [6.45, 7) is 1.42. The molecule has 0 aliphatic heterocycles. The number of halogens is 2. The molecule has 1 heterocycles. The monoisotopic (exact) mass is 250 g/mol. The second kappa shape index (κ2) is 4.48. The van der Waals surface area contributed by atoms with Gasteiger partial charge in [0.15, 0.2) is 0 Å². The molecule has 0 amide bonds. The van der Waals surface area contributed by atoms with E-state index in [0.717, 1.165) is 12.1 Å². The van der Waals surface area contributed by atoms with Gasteiger partial charge in [0.2, 0.25) is 0 Å². The van der Waals surface area contributed by atoms with Gasteiger partial charge in [-0.15, -0.1) is 0 Å². The highest BCUT2D eigenvalue weighted by Crippen LogP contribution is 2.26. The molecule has 6 heteroatoms. The SMILES string of the molecule is Cc1nc(-c2c(F)cccc2F)ccc1[N+](=O)[O-]. The molecule has 4 nitrogen and oxygen atoms in total. The predicted molar refractivity (Wildman–Crippen MR) is 61.0 cm³/mol. The lowest BCUT2D eigenvalue weighted by atomic mass is 10.1. The molecular formula is C12H8F2N2O2. The molecule has 0 unspecified atom stereocenters. The minimum Gasteiger partial charge on any atom is -0.258 e. The van der Waals surface area contributed by atoms with Crippen LogP contribution in [0.2, 0.25) is 0 Å². The van der Waals surface area contributed by atoms with E-state index in [2.05, 4.69) is 4.98 Å². The molecule has 0 radical (unpaired) electrons. The van der Waals surface area contributed by atoms with E-state index in [1.54, 1.807) is 0 Å². The average molecular weight is 250 g/mol.